The summed E-state index contributed by atoms with van der Waals surface area (Å²) in [6, 6.07) is 9.78. The van der Waals surface area contributed by atoms with E-state index in [2.05, 4.69) is 10.5 Å². The molecule has 0 fully saturated rings. The van der Waals surface area contributed by atoms with Crippen LogP contribution in [0.4, 0.5) is 5.69 Å². The summed E-state index contributed by atoms with van der Waals surface area (Å²) in [5.41, 5.74) is 3.08. The van der Waals surface area contributed by atoms with Crippen molar-refractivity contribution in [2.24, 2.45) is 5.10 Å². The first-order chi connectivity index (χ1) is 14.7. The van der Waals surface area contributed by atoms with E-state index in [1.54, 1.807) is 24.3 Å². The van der Waals surface area contributed by atoms with E-state index >= 15 is 0 Å². The van der Waals surface area contributed by atoms with E-state index in [1.807, 2.05) is 0 Å². The fourth-order valence-electron chi connectivity index (χ4n) is 2.73. The SMILES string of the molecule is COc1ccc(N(CC(=O)N/N=C\c2cccc(OC)c2OC)S(C)(=O)=O)c(OC)c1. The summed E-state index contributed by atoms with van der Waals surface area (Å²) in [7, 11) is 2.07. The van der Waals surface area contributed by atoms with Crippen LogP contribution < -0.4 is 28.7 Å². The number of anilines is 1. The molecule has 168 valence electrons. The van der Waals surface area contributed by atoms with Crippen LogP contribution >= 0.6 is 0 Å². The lowest BCUT2D eigenvalue weighted by Crippen LogP contribution is -2.39. The minimum absolute atomic E-state index is 0.194. The second-order valence-electron chi connectivity index (χ2n) is 6.18. The van der Waals surface area contributed by atoms with Crippen LogP contribution in [0.15, 0.2) is 41.5 Å². The van der Waals surface area contributed by atoms with E-state index in [4.69, 9.17) is 18.9 Å². The van der Waals surface area contributed by atoms with Crippen molar-refractivity contribution in [1.29, 1.82) is 0 Å². The molecule has 2 rings (SSSR count). The van der Waals surface area contributed by atoms with Crippen molar-refractivity contribution >= 4 is 27.8 Å². The molecule has 0 saturated carbocycles. The number of hydrogen-bond donors (Lipinski definition) is 1. The molecule has 11 heteroatoms. The number of amides is 1. The standard InChI is InChI=1S/C20H25N3O7S/c1-27-15-9-10-16(18(11-15)29-3)23(31(5,25)26)13-19(24)22-21-12-14-7-6-8-17(28-2)20(14)30-4/h6-12H,13H2,1-5H3,(H,22,24)/b21-12-. The molecule has 31 heavy (non-hydrogen) atoms. The predicted octanol–water partition coefficient (Wildman–Crippen LogP) is 1.64. The molecule has 0 radical (unpaired) electrons. The minimum Gasteiger partial charge on any atom is -0.497 e. The van der Waals surface area contributed by atoms with E-state index in [1.165, 1.54) is 46.8 Å². The van der Waals surface area contributed by atoms with Gasteiger partial charge in [-0.2, -0.15) is 5.10 Å². The largest absolute Gasteiger partial charge is 0.497 e. The third kappa shape index (κ3) is 6.01. The Labute approximate surface area is 181 Å². The number of benzene rings is 2. The second kappa shape index (κ2) is 10.5. The van der Waals surface area contributed by atoms with Gasteiger partial charge >= 0.3 is 0 Å². The topological polar surface area (TPSA) is 116 Å². The van der Waals surface area contributed by atoms with Gasteiger partial charge in [-0.05, 0) is 24.3 Å². The number of ether oxygens (including phenoxy) is 4. The number of hydrazone groups is 1. The summed E-state index contributed by atoms with van der Waals surface area (Å²) in [5.74, 6) is 1.02. The fraction of sp³-hybridized carbons (Fsp3) is 0.300. The zero-order valence-corrected chi connectivity index (χ0v) is 18.7. The van der Waals surface area contributed by atoms with Gasteiger partial charge in [0.25, 0.3) is 5.91 Å². The normalized spacial score (nSPS) is 11.1. The molecule has 0 aliphatic rings. The van der Waals surface area contributed by atoms with Gasteiger partial charge in [0.1, 0.15) is 18.0 Å². The van der Waals surface area contributed by atoms with Gasteiger partial charge in [-0.3, -0.25) is 9.10 Å². The second-order valence-corrected chi connectivity index (χ2v) is 8.09. The molecule has 0 atom stereocenters. The van der Waals surface area contributed by atoms with Gasteiger partial charge in [0.15, 0.2) is 11.5 Å². The summed E-state index contributed by atoms with van der Waals surface area (Å²) in [5, 5.41) is 3.89. The Bertz CT molecular complexity index is 1050. The summed E-state index contributed by atoms with van der Waals surface area (Å²) in [6.07, 6.45) is 2.37. The quantitative estimate of drug-likeness (QED) is 0.431. The van der Waals surface area contributed by atoms with E-state index in [-0.39, 0.29) is 11.4 Å². The molecule has 0 bridgehead atoms. The van der Waals surface area contributed by atoms with Crippen molar-refractivity contribution in [2.45, 2.75) is 0 Å². The average molecular weight is 452 g/mol. The molecule has 0 aliphatic heterocycles. The maximum absolute atomic E-state index is 12.4. The Morgan fingerprint density at radius 3 is 2.32 bits per heavy atom. The zero-order valence-electron chi connectivity index (χ0n) is 17.9. The van der Waals surface area contributed by atoms with E-state index < -0.39 is 22.5 Å². The third-order valence-corrected chi connectivity index (χ3v) is 5.30. The first-order valence-corrected chi connectivity index (χ1v) is 10.8. The molecule has 0 saturated heterocycles. The van der Waals surface area contributed by atoms with Crippen LogP contribution in [0.1, 0.15) is 5.56 Å². The van der Waals surface area contributed by atoms with E-state index in [0.29, 0.717) is 22.8 Å². The Kier molecular flexibility index (Phi) is 8.08. The molecule has 2 aromatic rings. The van der Waals surface area contributed by atoms with Crippen LogP contribution in [-0.2, 0) is 14.8 Å². The highest BCUT2D eigenvalue weighted by molar-refractivity contribution is 7.92. The Hall–Kier alpha value is -3.47. The first kappa shape index (κ1) is 23.8. The van der Waals surface area contributed by atoms with Gasteiger partial charge in [-0.1, -0.05) is 6.07 Å². The lowest BCUT2D eigenvalue weighted by molar-refractivity contribution is -0.119. The molecular weight excluding hydrogens is 426 g/mol. The Balaban J connectivity index is 2.21. The Morgan fingerprint density at radius 1 is 1.03 bits per heavy atom. The Morgan fingerprint density at radius 2 is 1.74 bits per heavy atom. The van der Waals surface area contributed by atoms with Crippen molar-refractivity contribution < 1.29 is 32.2 Å². The zero-order chi connectivity index (χ0) is 23.0. The highest BCUT2D eigenvalue weighted by Gasteiger charge is 2.24. The molecule has 2 aromatic carbocycles. The van der Waals surface area contributed by atoms with Crippen molar-refractivity contribution in [3.63, 3.8) is 0 Å². The molecule has 0 unspecified atom stereocenters. The molecule has 0 heterocycles. The van der Waals surface area contributed by atoms with Crippen molar-refractivity contribution in [3.8, 4) is 23.0 Å². The smallest absolute Gasteiger partial charge is 0.260 e. The minimum atomic E-state index is -3.80. The van der Waals surface area contributed by atoms with Crippen molar-refractivity contribution in [3.05, 3.63) is 42.0 Å². The first-order valence-electron chi connectivity index (χ1n) is 8.97. The van der Waals surface area contributed by atoms with E-state index in [9.17, 15) is 13.2 Å². The van der Waals surface area contributed by atoms with Crippen molar-refractivity contribution in [2.75, 3.05) is 45.5 Å². The monoisotopic (exact) mass is 451 g/mol. The molecule has 0 aromatic heterocycles. The molecular formula is C20H25N3O7S. The maximum Gasteiger partial charge on any atom is 0.260 e. The number of nitrogens with zero attached hydrogens (tertiary/aromatic N) is 2. The number of carbonyl (C=O) groups is 1. The third-order valence-electron chi connectivity index (χ3n) is 4.17. The van der Waals surface area contributed by atoms with Gasteiger partial charge in [-0.15, -0.1) is 0 Å². The van der Waals surface area contributed by atoms with Crippen LogP contribution in [-0.4, -0.2) is 61.8 Å². The predicted molar refractivity (Wildman–Crippen MR) is 117 cm³/mol. The number of rotatable bonds is 10. The van der Waals surface area contributed by atoms with E-state index in [0.717, 1.165) is 10.6 Å². The maximum atomic E-state index is 12.4. The van der Waals surface area contributed by atoms with Crippen molar-refractivity contribution in [1.82, 2.24) is 5.43 Å². The number of nitrogens with one attached hydrogen (secondary N) is 1. The number of hydrogen-bond acceptors (Lipinski definition) is 8. The molecule has 10 nitrogen and oxygen atoms in total. The van der Waals surface area contributed by atoms with Crippen LogP contribution in [0.3, 0.4) is 0 Å². The van der Waals surface area contributed by atoms with Crippen LogP contribution in [0.2, 0.25) is 0 Å². The highest BCUT2D eigenvalue weighted by atomic mass is 32.2. The lowest BCUT2D eigenvalue weighted by Gasteiger charge is -2.23. The van der Waals surface area contributed by atoms with Gasteiger partial charge in [-0.25, -0.2) is 13.8 Å². The van der Waals surface area contributed by atoms with Crippen LogP contribution in [0, 0.1) is 0 Å². The number of sulfonamides is 1. The summed E-state index contributed by atoms with van der Waals surface area (Å²) < 4.78 is 46.5. The lowest BCUT2D eigenvalue weighted by atomic mass is 10.2. The highest BCUT2D eigenvalue weighted by Crippen LogP contribution is 2.33. The summed E-state index contributed by atoms with van der Waals surface area (Å²) >= 11 is 0. The summed E-state index contributed by atoms with van der Waals surface area (Å²) in [6.45, 7) is -0.506. The van der Waals surface area contributed by atoms with Gasteiger partial charge in [0.05, 0.1) is 46.6 Å². The molecule has 0 spiro atoms. The number of para-hydroxylation sites is 1. The van der Waals surface area contributed by atoms with Gasteiger partial charge in [0, 0.05) is 11.6 Å². The summed E-state index contributed by atoms with van der Waals surface area (Å²) in [4.78, 5) is 12.4. The average Bonchev–Trinajstić information content (AvgIpc) is 2.76. The molecule has 0 aliphatic carbocycles. The number of carbonyl (C=O) groups excluding carboxylic acids is 1. The van der Waals surface area contributed by atoms with Crippen LogP contribution in [0.25, 0.3) is 0 Å². The molecule has 1 amide bonds. The van der Waals surface area contributed by atoms with Gasteiger partial charge < -0.3 is 18.9 Å². The van der Waals surface area contributed by atoms with Gasteiger partial charge in [0.2, 0.25) is 10.0 Å². The number of methoxy groups -OCH3 is 4. The van der Waals surface area contributed by atoms with Crippen LogP contribution in [0.5, 0.6) is 23.0 Å². The molecule has 1 N–H and O–H groups in total. The fourth-order valence-corrected chi connectivity index (χ4v) is 3.59.